The van der Waals surface area contributed by atoms with Crippen LogP contribution in [0.25, 0.3) is 0 Å². The fraction of sp³-hybridized carbons (Fsp3) is 0. The van der Waals surface area contributed by atoms with Crippen LogP contribution in [0, 0.1) is 0 Å². The van der Waals surface area contributed by atoms with Crippen molar-refractivity contribution in [3.8, 4) is 0 Å². The third-order valence-electron chi connectivity index (χ3n) is 0. The van der Waals surface area contributed by atoms with Gasteiger partial charge in [0.1, 0.15) is 0 Å². The molecule has 4 N–H and O–H groups in total. The van der Waals surface area contributed by atoms with Gasteiger partial charge in [-0.25, -0.2) is 0 Å². The van der Waals surface area contributed by atoms with Crippen LogP contribution in [-0.2, 0) is 16.8 Å². The van der Waals surface area contributed by atoms with Gasteiger partial charge in [0.15, 0.2) is 17.4 Å². The van der Waals surface area contributed by atoms with E-state index in [1.165, 1.54) is 0 Å². The van der Waals surface area contributed by atoms with Gasteiger partial charge in [-0.15, -0.1) is 0 Å². The maximum atomic E-state index is 7.33. The molecular weight excluding hydrogens is 218 g/mol. The third kappa shape index (κ3) is 81.5. The van der Waals surface area contributed by atoms with E-state index in [1.54, 1.807) is 0 Å². The van der Waals surface area contributed by atoms with E-state index in [0.717, 1.165) is 0 Å². The Kier molecular flexibility index (Phi) is 26.2. The molecule has 0 fully saturated rings. The van der Waals surface area contributed by atoms with E-state index in [4.69, 9.17) is 19.2 Å². The van der Waals surface area contributed by atoms with Gasteiger partial charge in [0.2, 0.25) is 0 Å². The monoisotopic (exact) mass is 227 g/mol. The third-order valence-corrected chi connectivity index (χ3v) is 0. The molecule has 4 nitrogen and oxygen atoms in total. The summed E-state index contributed by atoms with van der Waals surface area (Å²) in [7, 11) is -4.61. The van der Waals surface area contributed by atoms with Gasteiger partial charge in [-0.05, 0) is 0 Å². The van der Waals surface area contributed by atoms with E-state index in [1.807, 2.05) is 0 Å². The Morgan fingerprint density at radius 3 is 1.00 bits per heavy atom. The number of hydrogen-bond donors (Lipinski definition) is 4. The zero-order valence-corrected chi connectivity index (χ0v) is 7.58. The molecule has 0 saturated heterocycles. The summed E-state index contributed by atoms with van der Waals surface area (Å²) >= 11 is 0. The van der Waals surface area contributed by atoms with Gasteiger partial charge in [0.05, 0.1) is 0 Å². The molecule has 51 valence electrons. The van der Waals surface area contributed by atoms with Crippen molar-refractivity contribution in [1.29, 1.82) is 0 Å². The Bertz CT molecular complexity index is 38.7. The van der Waals surface area contributed by atoms with Crippen molar-refractivity contribution in [3.05, 3.63) is 0 Å². The first-order valence-electron chi connectivity index (χ1n) is 0.894. The molecule has 0 heterocycles. The quantitative estimate of drug-likeness (QED) is 0.318. The largest absolute Gasteiger partial charge is 2.00 e. The summed E-state index contributed by atoms with van der Waals surface area (Å²) in [6.07, 6.45) is 0. The Hall–Kier alpha value is 2.36. The van der Waals surface area contributed by atoms with Crippen molar-refractivity contribution < 1.29 is 38.8 Å². The van der Waals surface area contributed by atoms with Gasteiger partial charge in [0.25, 0.3) is 0 Å². The molecule has 0 aliphatic heterocycles. The van der Waals surface area contributed by atoms with E-state index in [0.29, 0.717) is 0 Å². The van der Waals surface area contributed by atoms with Crippen LogP contribution in [0.1, 0.15) is 2.85 Å². The molecule has 0 rings (SSSR count). The van der Waals surface area contributed by atoms with Crippen molar-refractivity contribution in [2.45, 2.75) is 0 Å². The molecule has 8 heteroatoms. The second-order valence-electron chi connectivity index (χ2n) is 0.600. The molecule has 0 aromatic heterocycles. The second-order valence-corrected chi connectivity index (χ2v) is 1.80. The zero-order chi connectivity index (χ0) is 4.50. The van der Waals surface area contributed by atoms with Crippen LogP contribution < -0.4 is 0 Å². The predicted molar refractivity (Wildman–Crippen MR) is 32.5 cm³/mol. The average Bonchev–Trinajstić information content (AvgIpc) is 0.722. The van der Waals surface area contributed by atoms with E-state index in [9.17, 15) is 0 Å². The van der Waals surface area contributed by atoms with Crippen LogP contribution >= 0.6 is 0 Å². The maximum absolute atomic E-state index is 7.33. The Balaban J connectivity index is -0.00000000800. The van der Waals surface area contributed by atoms with Crippen LogP contribution in [0.15, 0.2) is 0 Å². The van der Waals surface area contributed by atoms with Gasteiger partial charge in [-0.1, -0.05) is 0 Å². The van der Waals surface area contributed by atoms with Crippen LogP contribution in [0.2, 0.25) is 0 Å². The van der Waals surface area contributed by atoms with Crippen molar-refractivity contribution in [2.24, 2.45) is 0 Å². The van der Waals surface area contributed by atoms with Crippen molar-refractivity contribution >= 4 is 64.1 Å². The first kappa shape index (κ1) is 22.4. The number of hydrogen-bond acceptors (Lipinski definition) is 4. The molecule has 0 bridgehead atoms. The van der Waals surface area contributed by atoms with Crippen LogP contribution in [0.3, 0.4) is 0 Å². The van der Waals surface area contributed by atoms with Gasteiger partial charge >= 0.3 is 46.8 Å². The van der Waals surface area contributed by atoms with Crippen molar-refractivity contribution in [3.63, 3.8) is 0 Å². The van der Waals surface area contributed by atoms with Crippen LogP contribution in [0.5, 0.6) is 0 Å². The van der Waals surface area contributed by atoms with Gasteiger partial charge in [-0.3, -0.25) is 0 Å². The summed E-state index contributed by atoms with van der Waals surface area (Å²) in [6, 6.07) is 0. The molecule has 0 aromatic carbocycles. The van der Waals surface area contributed by atoms with E-state index < -0.39 is 9.05 Å². The fourth-order valence-electron chi connectivity index (χ4n) is 0. The van der Waals surface area contributed by atoms with Gasteiger partial charge < -0.3 is 22.0 Å². The van der Waals surface area contributed by atoms with Crippen LogP contribution in [-0.4, -0.2) is 83.3 Å². The zero-order valence-electron chi connectivity index (χ0n) is 5.33. The van der Waals surface area contributed by atoms with E-state index in [-0.39, 0.29) is 74.7 Å². The summed E-state index contributed by atoms with van der Waals surface area (Å²) in [4.78, 5) is 29.3. The molecular formula is H9AlCaCoO4Si. The summed E-state index contributed by atoms with van der Waals surface area (Å²) in [5.74, 6) is 0. The van der Waals surface area contributed by atoms with Crippen molar-refractivity contribution in [2.75, 3.05) is 0 Å². The molecule has 0 saturated carbocycles. The minimum atomic E-state index is -4.61. The fourth-order valence-corrected chi connectivity index (χ4v) is 0. The minimum Gasteiger partial charge on any atom is -1.00 e. The average molecular weight is 227 g/mol. The van der Waals surface area contributed by atoms with Crippen LogP contribution in [0.4, 0.5) is 0 Å². The summed E-state index contributed by atoms with van der Waals surface area (Å²) in [5, 5.41) is 0. The molecule has 0 unspecified atom stereocenters. The second kappa shape index (κ2) is 9.36. The predicted octanol–water partition coefficient (Wildman–Crippen LogP) is -3.95. The standard InChI is InChI=1S/Al.Ca.Co.H4O4Si.5H/c;;;1-5(2,3)4;;;;;/h;;;1-4H;;;;;/q;+2;;;;;;2*-1. The smallest absolute Gasteiger partial charge is 1.00 e. The summed E-state index contributed by atoms with van der Waals surface area (Å²) in [5.41, 5.74) is 0. The van der Waals surface area contributed by atoms with Gasteiger partial charge in [-0.2, -0.15) is 0 Å². The molecule has 0 aromatic rings. The van der Waals surface area contributed by atoms with E-state index >= 15 is 0 Å². The molecule has 0 amide bonds. The summed E-state index contributed by atoms with van der Waals surface area (Å²) < 4.78 is 0. The maximum Gasteiger partial charge on any atom is 2.00 e. The van der Waals surface area contributed by atoms with Gasteiger partial charge in [0, 0.05) is 16.8 Å². The minimum absolute atomic E-state index is 0. The normalized spacial score (nSPS) is 7.50. The molecule has 8 heavy (non-hydrogen) atoms. The summed E-state index contributed by atoms with van der Waals surface area (Å²) in [6.45, 7) is 0. The van der Waals surface area contributed by atoms with Crippen molar-refractivity contribution in [1.82, 2.24) is 0 Å². The first-order chi connectivity index (χ1) is 2.00. The van der Waals surface area contributed by atoms with E-state index in [2.05, 4.69) is 0 Å². The molecule has 0 spiro atoms. The molecule has 0 aliphatic rings. The Labute approximate surface area is 102 Å². The Morgan fingerprint density at radius 1 is 1.00 bits per heavy atom. The topological polar surface area (TPSA) is 80.9 Å². The molecule has 0 atom stereocenters. The number of rotatable bonds is 0. The molecule has 1 radical (unpaired) electrons. The first-order valence-corrected chi connectivity index (χ1v) is 2.68. The SMILES string of the molecule is O[Si](O)(O)O.[AlH3].[Ca+2].[Co].[H-].[H-]. The Morgan fingerprint density at radius 2 is 1.00 bits per heavy atom. The molecule has 0 aliphatic carbocycles.